The maximum absolute atomic E-state index is 13.7. The van der Waals surface area contributed by atoms with Crippen LogP contribution in [0.15, 0.2) is 36.4 Å². The number of nitrogens with one attached hydrogen (secondary N) is 1. The van der Waals surface area contributed by atoms with Gasteiger partial charge in [0.05, 0.1) is 6.61 Å². The van der Waals surface area contributed by atoms with E-state index in [2.05, 4.69) is 5.32 Å². The highest BCUT2D eigenvalue weighted by molar-refractivity contribution is 5.92. The van der Waals surface area contributed by atoms with E-state index in [1.165, 1.54) is 24.3 Å². The average molecular weight is 357 g/mol. The van der Waals surface area contributed by atoms with Crippen LogP contribution in [0.4, 0.5) is 4.39 Å². The van der Waals surface area contributed by atoms with Gasteiger partial charge in [0.25, 0.3) is 0 Å². The molecule has 2 aliphatic heterocycles. The zero-order valence-electron chi connectivity index (χ0n) is 13.8. The largest absolute Gasteiger partial charge is 0.467 e. The summed E-state index contributed by atoms with van der Waals surface area (Å²) in [4.78, 5) is 12.1. The molecular weight excluding hydrogens is 341 g/mol. The molecule has 0 fully saturated rings. The summed E-state index contributed by atoms with van der Waals surface area (Å²) in [6.07, 6.45) is 2.88. The maximum Gasteiger partial charge on any atom is 0.244 e. The fourth-order valence-electron chi connectivity index (χ4n) is 2.80. The van der Waals surface area contributed by atoms with Crippen molar-refractivity contribution < 1.29 is 28.1 Å². The average Bonchev–Trinajstić information content (AvgIpc) is 3.12. The second kappa shape index (κ2) is 7.05. The highest BCUT2D eigenvalue weighted by Gasteiger charge is 2.16. The molecule has 0 radical (unpaired) electrons. The summed E-state index contributed by atoms with van der Waals surface area (Å²) in [7, 11) is 0. The van der Waals surface area contributed by atoms with Crippen LogP contribution in [0.1, 0.15) is 16.7 Å². The van der Waals surface area contributed by atoms with Gasteiger partial charge in [-0.1, -0.05) is 6.07 Å². The topological polar surface area (TPSA) is 66.0 Å². The second-order valence-electron chi connectivity index (χ2n) is 5.83. The lowest BCUT2D eigenvalue weighted by atomic mass is 10.1. The van der Waals surface area contributed by atoms with Crippen molar-refractivity contribution in [2.75, 3.05) is 13.6 Å². The van der Waals surface area contributed by atoms with Crippen LogP contribution in [-0.4, -0.2) is 19.5 Å². The molecule has 0 aromatic heterocycles. The first kappa shape index (κ1) is 16.4. The summed E-state index contributed by atoms with van der Waals surface area (Å²) in [6.45, 7) is 0.935. The lowest BCUT2D eigenvalue weighted by molar-refractivity contribution is -0.116. The Kier molecular flexibility index (Phi) is 4.45. The summed E-state index contributed by atoms with van der Waals surface area (Å²) in [6, 6.07) is 8.17. The number of fused-ring (bicyclic) bond motifs is 2. The Balaban J connectivity index is 1.41. The minimum Gasteiger partial charge on any atom is -0.467 e. The molecule has 2 aromatic rings. The van der Waals surface area contributed by atoms with Crippen molar-refractivity contribution in [3.05, 3.63) is 58.9 Å². The van der Waals surface area contributed by atoms with Gasteiger partial charge in [-0.2, -0.15) is 0 Å². The minimum absolute atomic E-state index is 0.107. The van der Waals surface area contributed by atoms with Gasteiger partial charge in [0.2, 0.25) is 12.7 Å². The first-order valence-corrected chi connectivity index (χ1v) is 8.06. The van der Waals surface area contributed by atoms with Crippen molar-refractivity contribution in [3.8, 4) is 17.2 Å². The lowest BCUT2D eigenvalue weighted by Crippen LogP contribution is -2.20. The zero-order valence-corrected chi connectivity index (χ0v) is 13.8. The third-order valence-corrected chi connectivity index (χ3v) is 4.02. The number of hydrogen-bond acceptors (Lipinski definition) is 5. The van der Waals surface area contributed by atoms with E-state index in [4.69, 9.17) is 18.9 Å². The molecule has 2 heterocycles. The van der Waals surface area contributed by atoms with Gasteiger partial charge in [0.1, 0.15) is 11.6 Å². The van der Waals surface area contributed by atoms with Crippen molar-refractivity contribution in [2.24, 2.45) is 0 Å². The van der Waals surface area contributed by atoms with E-state index < -0.39 is 5.82 Å². The van der Waals surface area contributed by atoms with E-state index in [-0.39, 0.29) is 26.1 Å². The predicted octanol–water partition coefficient (Wildman–Crippen LogP) is 2.75. The van der Waals surface area contributed by atoms with Crippen molar-refractivity contribution in [1.29, 1.82) is 0 Å². The molecule has 0 unspecified atom stereocenters. The van der Waals surface area contributed by atoms with Crippen LogP contribution in [0.2, 0.25) is 0 Å². The maximum atomic E-state index is 13.7. The predicted molar refractivity (Wildman–Crippen MR) is 90.1 cm³/mol. The molecule has 2 aliphatic rings. The molecule has 0 saturated carbocycles. The molecule has 0 aliphatic carbocycles. The Hall–Kier alpha value is -3.06. The molecular formula is C19H16FNO5. The van der Waals surface area contributed by atoms with E-state index >= 15 is 0 Å². The highest BCUT2D eigenvalue weighted by atomic mass is 19.1. The Morgan fingerprint density at radius 1 is 1.12 bits per heavy atom. The van der Waals surface area contributed by atoms with Crippen LogP contribution in [0.5, 0.6) is 17.2 Å². The summed E-state index contributed by atoms with van der Waals surface area (Å²) in [5.74, 6) is 1.20. The Labute approximate surface area is 149 Å². The number of carbonyl (C=O) groups excluding carboxylic acids is 1. The van der Waals surface area contributed by atoms with E-state index in [9.17, 15) is 9.18 Å². The fraction of sp³-hybridized carbons (Fsp3) is 0.211. The Morgan fingerprint density at radius 2 is 2.00 bits per heavy atom. The molecule has 0 atom stereocenters. The van der Waals surface area contributed by atoms with Crippen LogP contribution in [0, 0.1) is 5.82 Å². The van der Waals surface area contributed by atoms with Crippen LogP contribution < -0.4 is 19.5 Å². The monoisotopic (exact) mass is 357 g/mol. The van der Waals surface area contributed by atoms with Crippen LogP contribution in [-0.2, 0) is 22.7 Å². The quantitative estimate of drug-likeness (QED) is 0.853. The van der Waals surface area contributed by atoms with Crippen molar-refractivity contribution in [1.82, 2.24) is 5.32 Å². The molecule has 4 rings (SSSR count). The van der Waals surface area contributed by atoms with Crippen molar-refractivity contribution in [2.45, 2.75) is 13.2 Å². The first-order valence-electron chi connectivity index (χ1n) is 8.06. The van der Waals surface area contributed by atoms with E-state index in [1.807, 2.05) is 12.1 Å². The Bertz CT molecular complexity index is 880. The standard InChI is InChI=1S/C19H16FNO5/c20-15-6-13(19-14(7-15)9-23-10-26-19)2-4-18(22)21-8-12-1-3-16-17(5-12)25-11-24-16/h1-7H,8-11H2,(H,21,22). The number of halogens is 1. The number of hydrogen-bond donors (Lipinski definition) is 1. The van der Waals surface area contributed by atoms with Crippen molar-refractivity contribution >= 4 is 12.0 Å². The van der Waals surface area contributed by atoms with E-state index in [1.54, 1.807) is 6.07 Å². The second-order valence-corrected chi connectivity index (χ2v) is 5.83. The van der Waals surface area contributed by atoms with Crippen LogP contribution in [0.3, 0.4) is 0 Å². The number of carbonyl (C=O) groups is 1. The number of rotatable bonds is 4. The zero-order chi connectivity index (χ0) is 17.9. The molecule has 26 heavy (non-hydrogen) atoms. The number of ether oxygens (including phenoxy) is 4. The number of amides is 1. The third kappa shape index (κ3) is 3.48. The van der Waals surface area contributed by atoms with Gasteiger partial charge in [-0.05, 0) is 35.9 Å². The minimum atomic E-state index is -0.404. The fourth-order valence-corrected chi connectivity index (χ4v) is 2.80. The molecule has 7 heteroatoms. The third-order valence-electron chi connectivity index (χ3n) is 4.02. The van der Waals surface area contributed by atoms with Gasteiger partial charge >= 0.3 is 0 Å². The van der Waals surface area contributed by atoms with Crippen molar-refractivity contribution in [3.63, 3.8) is 0 Å². The summed E-state index contributed by atoms with van der Waals surface area (Å²) >= 11 is 0. The van der Waals surface area contributed by atoms with Gasteiger partial charge in [-0.15, -0.1) is 0 Å². The van der Waals surface area contributed by atoms with Gasteiger partial charge in [0.15, 0.2) is 18.3 Å². The van der Waals surface area contributed by atoms with Crippen LogP contribution in [0.25, 0.3) is 6.08 Å². The highest BCUT2D eigenvalue weighted by Crippen LogP contribution is 2.32. The molecule has 134 valence electrons. The van der Waals surface area contributed by atoms with Gasteiger partial charge in [-0.25, -0.2) is 4.39 Å². The number of benzene rings is 2. The summed E-state index contributed by atoms with van der Waals surface area (Å²) in [5, 5.41) is 2.77. The normalized spacial score (nSPS) is 14.8. The SMILES string of the molecule is O=C(C=Cc1cc(F)cc2c1OCOC2)NCc1ccc2c(c1)OCO2. The van der Waals surface area contributed by atoms with E-state index in [0.29, 0.717) is 34.9 Å². The summed E-state index contributed by atoms with van der Waals surface area (Å²) in [5.41, 5.74) is 2.01. The first-order chi connectivity index (χ1) is 12.7. The molecule has 0 spiro atoms. The molecule has 0 saturated heterocycles. The molecule has 1 amide bonds. The molecule has 0 bridgehead atoms. The van der Waals surface area contributed by atoms with Crippen LogP contribution >= 0.6 is 0 Å². The molecule has 6 nitrogen and oxygen atoms in total. The smallest absolute Gasteiger partial charge is 0.244 e. The molecule has 2 aromatic carbocycles. The van der Waals surface area contributed by atoms with Gasteiger partial charge < -0.3 is 24.3 Å². The molecule has 1 N–H and O–H groups in total. The van der Waals surface area contributed by atoms with Gasteiger partial charge in [0, 0.05) is 23.7 Å². The Morgan fingerprint density at radius 3 is 2.92 bits per heavy atom. The summed E-state index contributed by atoms with van der Waals surface area (Å²) < 4.78 is 34.8. The lowest BCUT2D eigenvalue weighted by Gasteiger charge is -2.19. The van der Waals surface area contributed by atoms with E-state index in [0.717, 1.165) is 5.56 Å². The van der Waals surface area contributed by atoms with Gasteiger partial charge in [-0.3, -0.25) is 4.79 Å².